The van der Waals surface area contributed by atoms with Gasteiger partial charge in [0.1, 0.15) is 18.0 Å². The molecule has 0 amide bonds. The van der Waals surface area contributed by atoms with Gasteiger partial charge in [0, 0.05) is 77.5 Å². The first kappa shape index (κ1) is 72.3. The fourth-order valence-electron chi connectivity index (χ4n) is 12.9. The van der Waals surface area contributed by atoms with E-state index in [1.54, 1.807) is 12.1 Å². The predicted octanol–water partition coefficient (Wildman–Crippen LogP) is 15.9. The topological polar surface area (TPSA) is 217 Å². The molecule has 0 unspecified atom stereocenters. The number of ketones is 1. The van der Waals surface area contributed by atoms with Crippen LogP contribution in [0.25, 0.3) is 21.8 Å². The minimum Gasteiger partial charge on any atom is -0.481 e. The van der Waals surface area contributed by atoms with Crippen LogP contribution >= 0.6 is 33.0 Å². The molecule has 7 aromatic rings. The van der Waals surface area contributed by atoms with Crippen LogP contribution in [0.4, 0.5) is 32.0 Å². The van der Waals surface area contributed by atoms with Gasteiger partial charge in [-0.2, -0.15) is 0 Å². The van der Waals surface area contributed by atoms with Crippen LogP contribution in [0.1, 0.15) is 141 Å². The second-order valence-electron chi connectivity index (χ2n) is 28.5. The third-order valence-electron chi connectivity index (χ3n) is 18.1. The SMILES string of the molecule is CC1(C)OC[C@@H](Cn2c(C(C)(C)C)cc3cc(CC(=O)C4(c5ccc6c(c5)OC(F)(F)O6)CC4)ccc32)O1.CC1(C)OC[C@@H](Cn2c(C(C)(C)C)cc3cc(N)ccc32)O1.O=C(Cl)C1(c2ccc3c(c2)OC(F)(F)O3)CC1.O=C(O)C1(c2ccc3c(c2)OC(F)(F)O3)CC1.O=S(Cl)Cl. The van der Waals surface area contributed by atoms with Crippen molar-refractivity contribution in [2.45, 2.75) is 197 Å². The Hall–Kier alpha value is -6.97. The van der Waals surface area contributed by atoms with E-state index in [9.17, 15) is 40.7 Å². The number of nitrogens with two attached hydrogens (primary N) is 1. The second-order valence-corrected chi connectivity index (χ2v) is 31.4. The number of halogens is 9. The van der Waals surface area contributed by atoms with E-state index in [1.807, 2.05) is 45.9 Å². The normalized spacial score (nSPS) is 21.7. The van der Waals surface area contributed by atoms with Crippen LogP contribution in [0.2, 0.25) is 0 Å². The summed E-state index contributed by atoms with van der Waals surface area (Å²) >= 11 is 5.51. The average molecular weight is 1450 g/mol. The number of nitrogens with zero attached hydrogens (tertiary/aromatic N) is 2. The number of aliphatic carboxylic acids is 1. The van der Waals surface area contributed by atoms with Crippen LogP contribution in [0.15, 0.2) is 103 Å². The number of Topliss-reactive ketones (excluding diaryl/α,β-unsaturated/α-hetero) is 1. The molecular weight excluding hydrogens is 1380 g/mol. The van der Waals surface area contributed by atoms with E-state index in [0.717, 1.165) is 28.7 Å². The number of carboxylic acid groups (broad SMARTS) is 1. The Kier molecular flexibility index (Phi) is 19.1. The lowest BCUT2D eigenvalue weighted by Gasteiger charge is -2.24. The lowest BCUT2D eigenvalue weighted by atomic mass is 9.87. The second kappa shape index (κ2) is 25.9. The first-order valence-electron chi connectivity index (χ1n) is 31.6. The summed E-state index contributed by atoms with van der Waals surface area (Å²) in [4.78, 5) is 35.9. The highest BCUT2D eigenvalue weighted by atomic mass is 36.0. The largest absolute Gasteiger partial charge is 0.586 e. The molecule has 0 spiro atoms. The van der Waals surface area contributed by atoms with Crippen LogP contribution in [0.5, 0.6) is 34.5 Å². The molecule has 3 saturated carbocycles. The van der Waals surface area contributed by atoms with Crippen molar-refractivity contribution in [2.24, 2.45) is 0 Å². The number of rotatable bonds is 12. The van der Waals surface area contributed by atoms with Gasteiger partial charge in [-0.25, -0.2) is 4.21 Å². The molecule has 7 heterocycles. The molecule has 28 heteroatoms. The molecule has 528 valence electrons. The Morgan fingerprint density at radius 1 is 0.531 bits per heavy atom. The number of anilines is 1. The highest BCUT2D eigenvalue weighted by Crippen LogP contribution is 2.56. The number of aromatic nitrogens is 2. The summed E-state index contributed by atoms with van der Waals surface area (Å²) in [5.74, 6) is -2.23. The molecule has 5 aliphatic heterocycles. The van der Waals surface area contributed by atoms with Gasteiger partial charge in [0.25, 0.3) is 0 Å². The zero-order valence-corrected chi connectivity index (χ0v) is 58.3. The van der Waals surface area contributed by atoms with Gasteiger partial charge in [-0.05, 0) is 179 Å². The fraction of sp³-hybridized carbons (Fsp3) is 0.471. The number of fused-ring (bicyclic) bond motifs is 5. The standard InChI is InChI=1S/C30H33F2NO5.C18H26N2O2.C11H7ClF2O3.C11H8F2O4.Cl2OS/c1-27(2,3)25-14-19-12-18(6-8-22(19)33(25)16-21-17-35-28(4,5)36-21)13-26(34)29(10-11-29)20-7-9-23-24(15-20)38-30(31,32)37-23;1-17(2,3)16-9-12-8-13(19)6-7-15(12)20(16)10-14-11-21-18(4,5)22-14;12-9(15)10(3-4-10)6-1-2-7-8(5-6)17-11(13,14)16-7;12-11(13)16-7-2-1-6(5-8(7)17-11)10(3-4-10)9(14)15;1-4(2)3/h6-9,12,14-15,21H,10-11,13,16-17H2,1-5H3;6-9,14H,10-11,19H2,1-5H3;1-2,5H,3-4H2;1-2,5H,3-4H2,(H,14,15);/t21-;14-;;;/m11.../s1. The van der Waals surface area contributed by atoms with Gasteiger partial charge >= 0.3 is 24.9 Å². The number of hydrogen-bond acceptors (Lipinski definition) is 15. The predicted molar refractivity (Wildman–Crippen MR) is 353 cm³/mol. The van der Waals surface area contributed by atoms with E-state index in [2.05, 4.69) is 131 Å². The van der Waals surface area contributed by atoms with Crippen LogP contribution in [-0.2, 0) is 89.1 Å². The zero-order valence-electron chi connectivity index (χ0n) is 55.2. The summed E-state index contributed by atoms with van der Waals surface area (Å²) in [6, 6.07) is 29.8. The van der Waals surface area contributed by atoms with Gasteiger partial charge in [0.05, 0.1) is 42.5 Å². The Labute approximate surface area is 577 Å². The first-order valence-corrected chi connectivity index (χ1v) is 34.8. The van der Waals surface area contributed by atoms with Crippen LogP contribution < -0.4 is 34.2 Å². The Bertz CT molecular complexity index is 4190. The minimum atomic E-state index is -3.67. The third kappa shape index (κ3) is 15.8. The molecule has 3 N–H and O–H groups in total. The third-order valence-corrected chi connectivity index (χ3v) is 18.5. The lowest BCUT2D eigenvalue weighted by molar-refractivity contribution is -0.287. The number of ether oxygens (including phenoxy) is 10. The van der Waals surface area contributed by atoms with E-state index < -0.39 is 67.1 Å². The summed E-state index contributed by atoms with van der Waals surface area (Å²) in [6.07, 6.45) is -7.01. The van der Waals surface area contributed by atoms with E-state index >= 15 is 0 Å². The van der Waals surface area contributed by atoms with Gasteiger partial charge in [-0.15, -0.1) is 26.3 Å². The Morgan fingerprint density at radius 2 is 0.888 bits per heavy atom. The highest BCUT2D eigenvalue weighted by molar-refractivity contribution is 8.26. The average Bonchev–Trinajstić information content (AvgIpc) is 1.66. The van der Waals surface area contributed by atoms with Crippen molar-refractivity contribution in [3.8, 4) is 34.5 Å². The van der Waals surface area contributed by atoms with Crippen molar-refractivity contribution in [3.63, 3.8) is 0 Å². The Balaban J connectivity index is 0.000000138. The molecule has 3 aliphatic carbocycles. The maximum atomic E-state index is 13.5. The molecule has 0 radical (unpaired) electrons. The number of hydrogen-bond donors (Lipinski definition) is 2. The van der Waals surface area contributed by atoms with Crippen LogP contribution in [-0.4, -0.2) is 91.3 Å². The molecule has 8 aliphatic rings. The molecule has 2 atom stereocenters. The number of alkyl halides is 6. The smallest absolute Gasteiger partial charge is 0.481 e. The maximum absolute atomic E-state index is 13.5. The lowest BCUT2D eigenvalue weighted by Crippen LogP contribution is -2.26. The molecular formula is C70H74Cl3F6N3O15S. The molecule has 15 rings (SSSR count). The number of nitrogen functional groups attached to an aromatic ring is 1. The van der Waals surface area contributed by atoms with E-state index in [-0.39, 0.29) is 69.7 Å². The summed E-state index contributed by atoms with van der Waals surface area (Å²) < 4.78 is 142. The van der Waals surface area contributed by atoms with Crippen LogP contribution in [0.3, 0.4) is 0 Å². The van der Waals surface area contributed by atoms with Gasteiger partial charge < -0.3 is 67.3 Å². The van der Waals surface area contributed by atoms with Crippen molar-refractivity contribution >= 4 is 86.7 Å². The number of carbonyl (C=O) groups is 3. The van der Waals surface area contributed by atoms with Gasteiger partial charge in [0.15, 0.2) is 46.1 Å². The van der Waals surface area contributed by atoms with Crippen molar-refractivity contribution < 1.29 is 97.4 Å². The quantitative estimate of drug-likeness (QED) is 0.0660. The van der Waals surface area contributed by atoms with Crippen molar-refractivity contribution in [3.05, 3.63) is 137 Å². The molecule has 2 saturated heterocycles. The highest BCUT2D eigenvalue weighted by Gasteiger charge is 2.55. The summed E-state index contributed by atoms with van der Waals surface area (Å²) in [5, 5.41) is 10.9. The molecule has 2 aromatic heterocycles. The first-order chi connectivity index (χ1) is 45.5. The van der Waals surface area contributed by atoms with Crippen molar-refractivity contribution in [1.82, 2.24) is 9.13 Å². The fourth-order valence-corrected chi connectivity index (χ4v) is 13.2. The van der Waals surface area contributed by atoms with E-state index in [4.69, 9.17) is 45.6 Å². The summed E-state index contributed by atoms with van der Waals surface area (Å²) in [5.41, 5.74) is 11.9. The zero-order chi connectivity index (χ0) is 71.3. The molecule has 5 aromatic carbocycles. The molecule has 0 bridgehead atoms. The summed E-state index contributed by atoms with van der Waals surface area (Å²) in [7, 11) is 7.36. The number of carbonyl (C=O) groups excluding carboxylic acids is 2. The van der Waals surface area contributed by atoms with Gasteiger partial charge in [0.2, 0.25) is 14.5 Å². The summed E-state index contributed by atoms with van der Waals surface area (Å²) in [6.45, 7) is 23.7. The maximum Gasteiger partial charge on any atom is 0.586 e. The molecule has 5 fully saturated rings. The number of carboxylic acids is 1. The van der Waals surface area contributed by atoms with Gasteiger partial charge in [-0.3, -0.25) is 14.4 Å². The van der Waals surface area contributed by atoms with E-state index in [0.29, 0.717) is 75.0 Å². The van der Waals surface area contributed by atoms with Crippen molar-refractivity contribution in [2.75, 3.05) is 18.9 Å². The Morgan fingerprint density at radius 3 is 1.23 bits per heavy atom. The van der Waals surface area contributed by atoms with Crippen LogP contribution in [0, 0.1) is 0 Å². The minimum absolute atomic E-state index is 0.00950. The number of benzene rings is 5. The van der Waals surface area contributed by atoms with Gasteiger partial charge in [-0.1, -0.05) is 65.8 Å². The molecule has 18 nitrogen and oxygen atoms in total. The van der Waals surface area contributed by atoms with E-state index in [1.165, 1.54) is 64.8 Å². The monoisotopic (exact) mass is 1450 g/mol. The molecule has 98 heavy (non-hydrogen) atoms. The van der Waals surface area contributed by atoms with Crippen molar-refractivity contribution in [1.29, 1.82) is 0 Å².